The zero-order valence-corrected chi connectivity index (χ0v) is 25.0. The maximum atomic E-state index is 6.36. The van der Waals surface area contributed by atoms with E-state index in [-0.39, 0.29) is 0 Å². The van der Waals surface area contributed by atoms with E-state index in [9.17, 15) is 0 Å². The maximum absolute atomic E-state index is 6.36. The van der Waals surface area contributed by atoms with Crippen molar-refractivity contribution in [1.29, 1.82) is 0 Å². The van der Waals surface area contributed by atoms with Gasteiger partial charge in [-0.3, -0.25) is 0 Å². The molecule has 0 N–H and O–H groups in total. The number of aromatic nitrogens is 2. The summed E-state index contributed by atoms with van der Waals surface area (Å²) in [4.78, 5) is 0. The van der Waals surface area contributed by atoms with E-state index in [4.69, 9.17) is 13.9 Å². The first kappa shape index (κ1) is 24.8. The van der Waals surface area contributed by atoms with Gasteiger partial charge in [0.25, 0.3) is 0 Å². The number of para-hydroxylation sites is 5. The Hall–Kier alpha value is -6.46. The third-order valence-electron chi connectivity index (χ3n) is 9.56. The van der Waals surface area contributed by atoms with Crippen molar-refractivity contribution in [3.05, 3.63) is 146 Å². The second kappa shape index (κ2) is 9.05. The van der Waals surface area contributed by atoms with Crippen LogP contribution in [0, 0.1) is 0 Å². The Bertz CT molecular complexity index is 2920. The number of rotatable bonds is 2. The Morgan fingerprint density at radius 1 is 0.319 bits per heavy atom. The van der Waals surface area contributed by atoms with Crippen LogP contribution in [0.25, 0.3) is 76.9 Å². The number of nitrogens with zero attached hydrogens (tertiary/aromatic N) is 2. The van der Waals surface area contributed by atoms with Gasteiger partial charge in [-0.05, 0) is 72.8 Å². The van der Waals surface area contributed by atoms with Crippen LogP contribution in [-0.4, -0.2) is 9.13 Å². The highest BCUT2D eigenvalue weighted by atomic mass is 16.6. The van der Waals surface area contributed by atoms with E-state index in [2.05, 4.69) is 118 Å². The van der Waals surface area contributed by atoms with Crippen molar-refractivity contribution in [3.8, 4) is 34.4 Å². The van der Waals surface area contributed by atoms with Crippen LogP contribution >= 0.6 is 0 Å². The molecule has 1 aliphatic rings. The highest BCUT2D eigenvalue weighted by Gasteiger charge is 2.23. The molecule has 3 aromatic heterocycles. The second-order valence-corrected chi connectivity index (χ2v) is 12.2. The third kappa shape index (κ3) is 3.43. The van der Waals surface area contributed by atoms with Crippen LogP contribution < -0.4 is 9.47 Å². The molecule has 4 heterocycles. The van der Waals surface area contributed by atoms with Gasteiger partial charge in [0.2, 0.25) is 0 Å². The summed E-state index contributed by atoms with van der Waals surface area (Å²) in [7, 11) is 0. The first-order chi connectivity index (χ1) is 23.3. The van der Waals surface area contributed by atoms with Crippen molar-refractivity contribution in [1.82, 2.24) is 9.13 Å². The summed E-state index contributed by atoms with van der Waals surface area (Å²) < 4.78 is 23.5. The van der Waals surface area contributed by atoms with E-state index in [1.807, 2.05) is 36.4 Å². The zero-order valence-electron chi connectivity index (χ0n) is 25.0. The predicted octanol–water partition coefficient (Wildman–Crippen LogP) is 11.7. The molecule has 5 heteroatoms. The van der Waals surface area contributed by atoms with Gasteiger partial charge in [0.1, 0.15) is 11.2 Å². The number of fused-ring (bicyclic) bond motifs is 11. The molecule has 0 saturated carbocycles. The van der Waals surface area contributed by atoms with Crippen molar-refractivity contribution in [2.75, 3.05) is 0 Å². The molecule has 47 heavy (non-hydrogen) atoms. The third-order valence-corrected chi connectivity index (χ3v) is 9.56. The Morgan fingerprint density at radius 2 is 0.830 bits per heavy atom. The van der Waals surface area contributed by atoms with E-state index < -0.39 is 0 Å². The Kier molecular flexibility index (Phi) is 4.78. The van der Waals surface area contributed by atoms with Gasteiger partial charge in [-0.2, -0.15) is 0 Å². The second-order valence-electron chi connectivity index (χ2n) is 12.2. The summed E-state index contributed by atoms with van der Waals surface area (Å²) in [5.41, 5.74) is 8.48. The van der Waals surface area contributed by atoms with E-state index in [0.29, 0.717) is 5.75 Å². The number of ether oxygens (including phenoxy) is 2. The highest BCUT2D eigenvalue weighted by Crippen LogP contribution is 2.48. The normalized spacial score (nSPS) is 12.6. The molecule has 220 valence electrons. The van der Waals surface area contributed by atoms with Gasteiger partial charge in [0.15, 0.2) is 23.0 Å². The van der Waals surface area contributed by atoms with Crippen LogP contribution in [0.4, 0.5) is 0 Å². The highest BCUT2D eigenvalue weighted by molar-refractivity contribution is 6.13. The molecule has 0 unspecified atom stereocenters. The zero-order chi connectivity index (χ0) is 30.6. The van der Waals surface area contributed by atoms with Crippen LogP contribution in [0.3, 0.4) is 0 Å². The molecule has 0 bridgehead atoms. The van der Waals surface area contributed by atoms with Gasteiger partial charge in [-0.15, -0.1) is 0 Å². The average molecular weight is 605 g/mol. The molecular formula is C42H24N2O3. The van der Waals surface area contributed by atoms with Crippen LogP contribution in [0.5, 0.6) is 23.0 Å². The molecule has 11 rings (SSSR count). The summed E-state index contributed by atoms with van der Waals surface area (Å²) in [5, 5.41) is 6.91. The molecular weight excluding hydrogens is 580 g/mol. The van der Waals surface area contributed by atoms with Crippen LogP contribution in [0.1, 0.15) is 0 Å². The molecule has 5 nitrogen and oxygen atoms in total. The fraction of sp³-hybridized carbons (Fsp3) is 0. The molecule has 1 aliphatic heterocycles. The smallest absolute Gasteiger partial charge is 0.172 e. The summed E-state index contributed by atoms with van der Waals surface area (Å²) in [6.07, 6.45) is 0. The van der Waals surface area contributed by atoms with E-state index >= 15 is 0 Å². The Morgan fingerprint density at radius 3 is 1.57 bits per heavy atom. The van der Waals surface area contributed by atoms with E-state index in [0.717, 1.165) is 83.4 Å². The predicted molar refractivity (Wildman–Crippen MR) is 189 cm³/mol. The lowest BCUT2D eigenvalue weighted by molar-refractivity contribution is 0.360. The number of hydrogen-bond acceptors (Lipinski definition) is 3. The number of hydrogen-bond donors (Lipinski definition) is 0. The lowest BCUT2D eigenvalue weighted by Crippen LogP contribution is -1.99. The molecule has 7 aromatic carbocycles. The van der Waals surface area contributed by atoms with Crippen LogP contribution in [0.2, 0.25) is 0 Å². The summed E-state index contributed by atoms with van der Waals surface area (Å²) >= 11 is 0. The number of benzene rings is 7. The van der Waals surface area contributed by atoms with Crippen LogP contribution in [0.15, 0.2) is 150 Å². The Labute approximate surface area is 268 Å². The van der Waals surface area contributed by atoms with Gasteiger partial charge in [-0.1, -0.05) is 66.7 Å². The van der Waals surface area contributed by atoms with Gasteiger partial charge < -0.3 is 23.0 Å². The van der Waals surface area contributed by atoms with Crippen molar-refractivity contribution in [2.45, 2.75) is 0 Å². The number of furan rings is 1. The van der Waals surface area contributed by atoms with Crippen molar-refractivity contribution >= 4 is 65.6 Å². The fourth-order valence-electron chi connectivity index (χ4n) is 7.50. The Balaban J connectivity index is 1.15. The molecule has 0 saturated heterocycles. The first-order valence-corrected chi connectivity index (χ1v) is 15.8. The largest absolute Gasteiger partial charge is 0.456 e. The fourth-order valence-corrected chi connectivity index (χ4v) is 7.50. The standard InChI is InChI=1S/C42H24N2O3/c1-4-12-33-27(9-1)30-21-25(17-19-35(30)43(33)26-18-20-38-32(22-26)29-11-3-6-14-37(29)45-38)44-34-13-5-2-10-28(34)31-23-41-42(24-36(31)44)47-40-16-8-7-15-39(40)46-41/h1-24H. The topological polar surface area (TPSA) is 41.5 Å². The van der Waals surface area contributed by atoms with E-state index in [1.165, 1.54) is 10.8 Å². The molecule has 0 amide bonds. The van der Waals surface area contributed by atoms with Gasteiger partial charge in [-0.25, -0.2) is 0 Å². The minimum absolute atomic E-state index is 0.708. The summed E-state index contributed by atoms with van der Waals surface area (Å²) in [5.74, 6) is 2.88. The average Bonchev–Trinajstić information content (AvgIpc) is 3.76. The van der Waals surface area contributed by atoms with Crippen molar-refractivity contribution < 1.29 is 13.9 Å². The van der Waals surface area contributed by atoms with Gasteiger partial charge in [0.05, 0.1) is 22.1 Å². The first-order valence-electron chi connectivity index (χ1n) is 15.8. The van der Waals surface area contributed by atoms with Crippen molar-refractivity contribution in [3.63, 3.8) is 0 Å². The SMILES string of the molecule is c1ccc2c(c1)Oc1cc3c4ccccc4n(-c4ccc5c(c4)c4ccccc4n5-c4ccc5oc6ccccc6c5c4)c3cc1O2. The lowest BCUT2D eigenvalue weighted by atomic mass is 10.1. The summed E-state index contributed by atoms with van der Waals surface area (Å²) in [6, 6.07) is 50.7. The van der Waals surface area contributed by atoms with Crippen LogP contribution in [-0.2, 0) is 0 Å². The molecule has 0 fully saturated rings. The molecule has 10 aromatic rings. The minimum atomic E-state index is 0.708. The summed E-state index contributed by atoms with van der Waals surface area (Å²) in [6.45, 7) is 0. The molecule has 0 aliphatic carbocycles. The monoisotopic (exact) mass is 604 g/mol. The molecule has 0 atom stereocenters. The molecule has 0 radical (unpaired) electrons. The quantitative estimate of drug-likeness (QED) is 0.197. The van der Waals surface area contributed by atoms with Gasteiger partial charge >= 0.3 is 0 Å². The molecule has 0 spiro atoms. The van der Waals surface area contributed by atoms with E-state index in [1.54, 1.807) is 0 Å². The van der Waals surface area contributed by atoms with Crippen molar-refractivity contribution in [2.24, 2.45) is 0 Å². The lowest BCUT2D eigenvalue weighted by Gasteiger charge is -2.20. The van der Waals surface area contributed by atoms with Gasteiger partial charge in [0, 0.05) is 49.8 Å². The maximum Gasteiger partial charge on any atom is 0.172 e. The minimum Gasteiger partial charge on any atom is -0.456 e.